The minimum absolute atomic E-state index is 0.274. The SMILES string of the molecule is OCc1nnn(-c2ncn[nH]2)c1CO. The van der Waals surface area contributed by atoms with Gasteiger partial charge in [-0.05, 0) is 0 Å². The third-order valence-electron chi connectivity index (χ3n) is 1.75. The molecule has 74 valence electrons. The van der Waals surface area contributed by atoms with Crippen LogP contribution >= 0.6 is 0 Å². The molecular weight excluding hydrogens is 188 g/mol. The van der Waals surface area contributed by atoms with Crippen molar-refractivity contribution in [2.24, 2.45) is 0 Å². The van der Waals surface area contributed by atoms with E-state index in [4.69, 9.17) is 10.2 Å². The van der Waals surface area contributed by atoms with Crippen LogP contribution in [0.3, 0.4) is 0 Å². The first-order valence-corrected chi connectivity index (χ1v) is 3.87. The standard InChI is InChI=1S/C6H8N6O2/c13-1-4-5(2-14)12(11-9-4)6-7-3-8-10-6/h3,13-14H,1-2H2,(H,7,8,10). The summed E-state index contributed by atoms with van der Waals surface area (Å²) in [5.41, 5.74) is 0.716. The number of nitrogens with one attached hydrogen (secondary N) is 1. The van der Waals surface area contributed by atoms with E-state index in [9.17, 15) is 0 Å². The minimum Gasteiger partial charge on any atom is -0.390 e. The third-order valence-corrected chi connectivity index (χ3v) is 1.75. The summed E-state index contributed by atoms with van der Waals surface area (Å²) in [7, 11) is 0. The minimum atomic E-state index is -0.274. The van der Waals surface area contributed by atoms with Crippen LogP contribution in [0.2, 0.25) is 0 Å². The van der Waals surface area contributed by atoms with Crippen LogP contribution in [0.5, 0.6) is 0 Å². The van der Waals surface area contributed by atoms with Crippen LogP contribution in [0.1, 0.15) is 11.4 Å². The number of aliphatic hydroxyl groups is 2. The molecule has 2 rings (SSSR count). The molecule has 2 heterocycles. The lowest BCUT2D eigenvalue weighted by Crippen LogP contribution is -2.05. The van der Waals surface area contributed by atoms with Gasteiger partial charge >= 0.3 is 0 Å². The van der Waals surface area contributed by atoms with Gasteiger partial charge in [0.15, 0.2) is 0 Å². The van der Waals surface area contributed by atoms with Crippen molar-refractivity contribution in [1.82, 2.24) is 30.2 Å². The molecule has 0 aliphatic rings. The van der Waals surface area contributed by atoms with Gasteiger partial charge in [-0.3, -0.25) is 0 Å². The van der Waals surface area contributed by atoms with Crippen molar-refractivity contribution in [3.05, 3.63) is 17.7 Å². The van der Waals surface area contributed by atoms with Crippen molar-refractivity contribution in [3.8, 4) is 5.95 Å². The van der Waals surface area contributed by atoms with Crippen LogP contribution in [0.25, 0.3) is 5.95 Å². The summed E-state index contributed by atoms with van der Waals surface area (Å²) in [6.07, 6.45) is 1.32. The molecule has 0 saturated heterocycles. The lowest BCUT2D eigenvalue weighted by Gasteiger charge is -1.99. The normalized spacial score (nSPS) is 10.7. The quantitative estimate of drug-likeness (QED) is 0.543. The Bertz CT molecular complexity index is 408. The van der Waals surface area contributed by atoms with Gasteiger partial charge in [0.05, 0.1) is 18.9 Å². The monoisotopic (exact) mass is 196 g/mol. The van der Waals surface area contributed by atoms with E-state index in [0.717, 1.165) is 0 Å². The van der Waals surface area contributed by atoms with Crippen molar-refractivity contribution in [3.63, 3.8) is 0 Å². The maximum absolute atomic E-state index is 9.04. The lowest BCUT2D eigenvalue weighted by atomic mass is 10.3. The van der Waals surface area contributed by atoms with E-state index in [1.54, 1.807) is 0 Å². The number of aliphatic hydroxyl groups excluding tert-OH is 2. The Labute approximate surface area is 78.2 Å². The zero-order chi connectivity index (χ0) is 9.97. The summed E-state index contributed by atoms with van der Waals surface area (Å²) < 4.78 is 1.29. The van der Waals surface area contributed by atoms with Gasteiger partial charge in [-0.15, -0.1) is 5.10 Å². The fourth-order valence-corrected chi connectivity index (χ4v) is 1.09. The van der Waals surface area contributed by atoms with Gasteiger partial charge in [-0.25, -0.2) is 5.10 Å². The number of H-pyrrole nitrogens is 1. The molecule has 0 amide bonds. The van der Waals surface area contributed by atoms with Crippen molar-refractivity contribution < 1.29 is 10.2 Å². The zero-order valence-electron chi connectivity index (χ0n) is 7.12. The molecule has 0 spiro atoms. The number of rotatable bonds is 3. The van der Waals surface area contributed by atoms with Crippen molar-refractivity contribution >= 4 is 0 Å². The Hall–Kier alpha value is -1.80. The second-order valence-electron chi connectivity index (χ2n) is 2.52. The predicted molar refractivity (Wildman–Crippen MR) is 43.1 cm³/mol. The molecule has 0 aliphatic carbocycles. The molecule has 8 heteroatoms. The van der Waals surface area contributed by atoms with Gasteiger partial charge in [-0.2, -0.15) is 14.8 Å². The van der Waals surface area contributed by atoms with Crippen molar-refractivity contribution in [2.45, 2.75) is 13.2 Å². The zero-order valence-corrected chi connectivity index (χ0v) is 7.12. The number of hydrogen-bond acceptors (Lipinski definition) is 6. The molecule has 0 aliphatic heterocycles. The Morgan fingerprint density at radius 2 is 2.21 bits per heavy atom. The first kappa shape index (κ1) is 8.78. The van der Waals surface area contributed by atoms with Crippen LogP contribution in [0, 0.1) is 0 Å². The van der Waals surface area contributed by atoms with E-state index >= 15 is 0 Å². The van der Waals surface area contributed by atoms with Crippen LogP contribution in [-0.4, -0.2) is 40.4 Å². The number of aromatic amines is 1. The molecule has 0 aromatic carbocycles. The number of nitrogens with zero attached hydrogens (tertiary/aromatic N) is 5. The van der Waals surface area contributed by atoms with Gasteiger partial charge in [-0.1, -0.05) is 5.21 Å². The van der Waals surface area contributed by atoms with Crippen LogP contribution in [0.15, 0.2) is 6.33 Å². The topological polar surface area (TPSA) is 113 Å². The third kappa shape index (κ3) is 1.26. The summed E-state index contributed by atoms with van der Waals surface area (Å²) in [6.45, 7) is -0.548. The molecule has 0 atom stereocenters. The predicted octanol–water partition coefficient (Wildman–Crippen LogP) is -1.63. The average molecular weight is 196 g/mol. The van der Waals surface area contributed by atoms with E-state index in [1.165, 1.54) is 11.0 Å². The Morgan fingerprint density at radius 3 is 2.79 bits per heavy atom. The molecular formula is C6H8N6O2. The highest BCUT2D eigenvalue weighted by Gasteiger charge is 2.13. The van der Waals surface area contributed by atoms with E-state index in [2.05, 4.69) is 25.5 Å². The lowest BCUT2D eigenvalue weighted by molar-refractivity contribution is 0.252. The van der Waals surface area contributed by atoms with Gasteiger partial charge in [0.1, 0.15) is 12.0 Å². The molecule has 2 aromatic heterocycles. The molecule has 2 aromatic rings. The number of aromatic nitrogens is 6. The maximum atomic E-state index is 9.04. The molecule has 8 nitrogen and oxygen atoms in total. The number of hydrogen-bond donors (Lipinski definition) is 3. The first-order chi connectivity index (χ1) is 6.86. The van der Waals surface area contributed by atoms with Gasteiger partial charge in [0.25, 0.3) is 0 Å². The largest absolute Gasteiger partial charge is 0.390 e. The van der Waals surface area contributed by atoms with Crippen LogP contribution < -0.4 is 0 Å². The van der Waals surface area contributed by atoms with Crippen LogP contribution in [0.4, 0.5) is 0 Å². The highest BCUT2D eigenvalue weighted by Crippen LogP contribution is 2.08. The maximum Gasteiger partial charge on any atom is 0.248 e. The first-order valence-electron chi connectivity index (χ1n) is 3.87. The van der Waals surface area contributed by atoms with Crippen molar-refractivity contribution in [2.75, 3.05) is 0 Å². The summed E-state index contributed by atoms with van der Waals surface area (Å²) in [6, 6.07) is 0. The smallest absolute Gasteiger partial charge is 0.248 e. The summed E-state index contributed by atoms with van der Waals surface area (Å²) in [4.78, 5) is 3.84. The molecule has 0 saturated carbocycles. The highest BCUT2D eigenvalue weighted by atomic mass is 16.3. The molecule has 0 bridgehead atoms. The van der Waals surface area contributed by atoms with Crippen molar-refractivity contribution in [1.29, 1.82) is 0 Å². The van der Waals surface area contributed by atoms with E-state index in [-0.39, 0.29) is 13.2 Å². The summed E-state index contributed by atoms with van der Waals surface area (Å²) >= 11 is 0. The van der Waals surface area contributed by atoms with Gasteiger partial charge in [0.2, 0.25) is 5.95 Å². The van der Waals surface area contributed by atoms with Gasteiger partial charge in [0, 0.05) is 0 Å². The van der Waals surface area contributed by atoms with E-state index < -0.39 is 0 Å². The molecule has 0 fully saturated rings. The second kappa shape index (κ2) is 3.52. The average Bonchev–Trinajstić information content (AvgIpc) is 2.85. The van der Waals surface area contributed by atoms with Crippen LogP contribution in [-0.2, 0) is 13.2 Å². The second-order valence-corrected chi connectivity index (χ2v) is 2.52. The highest BCUT2D eigenvalue weighted by molar-refractivity contribution is 5.17. The van der Waals surface area contributed by atoms with Gasteiger partial charge < -0.3 is 10.2 Å². The van der Waals surface area contributed by atoms with E-state index in [0.29, 0.717) is 17.3 Å². The Morgan fingerprint density at radius 1 is 1.36 bits per heavy atom. The Kier molecular flexibility index (Phi) is 2.21. The fraction of sp³-hybridized carbons (Fsp3) is 0.333. The molecule has 0 unspecified atom stereocenters. The molecule has 14 heavy (non-hydrogen) atoms. The fourth-order valence-electron chi connectivity index (χ4n) is 1.09. The molecule has 0 radical (unpaired) electrons. The van der Waals surface area contributed by atoms with E-state index in [1.807, 2.05) is 0 Å². The summed E-state index contributed by atoms with van der Waals surface area (Å²) in [5, 5.41) is 31.5. The summed E-state index contributed by atoms with van der Waals surface area (Å²) in [5.74, 6) is 0.348. The molecule has 3 N–H and O–H groups in total. The Balaban J connectivity index is 2.48.